The number of carbonyl (C=O) groups excluding carboxylic acids is 5. The molecule has 5 N–H and O–H groups in total. The van der Waals surface area contributed by atoms with Crippen molar-refractivity contribution in [3.05, 3.63) is 71.8 Å². The lowest BCUT2D eigenvalue weighted by molar-refractivity contribution is -0.159. The fourth-order valence-corrected chi connectivity index (χ4v) is 7.17. The monoisotopic (exact) mass is 829 g/mol. The molecule has 1 fully saturated rings. The summed E-state index contributed by atoms with van der Waals surface area (Å²) in [4.78, 5) is 71.5. The van der Waals surface area contributed by atoms with Gasteiger partial charge in [-0.3, -0.25) is 33.1 Å². The molecule has 0 aromatic heterocycles. The molecule has 1 aliphatic rings. The molecule has 58 heavy (non-hydrogen) atoms. The van der Waals surface area contributed by atoms with Gasteiger partial charge in [-0.05, 0) is 69.4 Å². The number of morpholine rings is 1. The van der Waals surface area contributed by atoms with Gasteiger partial charge in [-0.25, -0.2) is 8.42 Å². The molecule has 1 heterocycles. The van der Waals surface area contributed by atoms with Gasteiger partial charge in [0, 0.05) is 19.5 Å². The van der Waals surface area contributed by atoms with Crippen molar-refractivity contribution in [1.29, 1.82) is 0 Å². The molecule has 2 aromatic rings. The maximum Gasteiger partial charge on any atom is 0.257 e. The second-order valence-electron chi connectivity index (χ2n) is 16.4. The number of aliphatic hydroxyl groups is 1. The Kier molecular flexibility index (Phi) is 18.9. The third-order valence-electron chi connectivity index (χ3n) is 10.2. The molecule has 5 atom stereocenters. The number of hydrogen-bond acceptors (Lipinski definition) is 11. The molecule has 322 valence electrons. The molecule has 0 radical (unpaired) electrons. The summed E-state index contributed by atoms with van der Waals surface area (Å²) in [6.45, 7) is 13.3. The first kappa shape index (κ1) is 48.2. The van der Waals surface area contributed by atoms with Crippen LogP contribution in [0.3, 0.4) is 0 Å². The second kappa shape index (κ2) is 22.8. The van der Waals surface area contributed by atoms with Gasteiger partial charge in [-0.15, -0.1) is 0 Å². The van der Waals surface area contributed by atoms with Crippen LogP contribution in [0.5, 0.6) is 0 Å². The molecular formula is C42H63N5O10S. The number of carbonyl (C=O) groups is 5. The summed E-state index contributed by atoms with van der Waals surface area (Å²) in [5, 5.41) is 22.6. The lowest BCUT2D eigenvalue weighted by Crippen LogP contribution is -2.63. The van der Waals surface area contributed by atoms with Crippen molar-refractivity contribution in [3.8, 4) is 0 Å². The van der Waals surface area contributed by atoms with Crippen molar-refractivity contribution in [2.24, 2.45) is 11.8 Å². The first-order valence-corrected chi connectivity index (χ1v) is 21.1. The van der Waals surface area contributed by atoms with E-state index in [0.717, 1.165) is 12.5 Å². The Bertz CT molecular complexity index is 1720. The quantitative estimate of drug-likeness (QED) is 0.0892. The van der Waals surface area contributed by atoms with Crippen molar-refractivity contribution in [2.45, 2.75) is 116 Å². The van der Waals surface area contributed by atoms with Gasteiger partial charge in [0.05, 0.1) is 25.8 Å². The van der Waals surface area contributed by atoms with E-state index in [2.05, 4.69) is 21.3 Å². The van der Waals surface area contributed by atoms with Gasteiger partial charge >= 0.3 is 0 Å². The van der Waals surface area contributed by atoms with E-state index < -0.39 is 69.9 Å². The van der Waals surface area contributed by atoms with E-state index in [4.69, 9.17) is 8.92 Å². The van der Waals surface area contributed by atoms with Crippen molar-refractivity contribution in [2.75, 3.05) is 32.8 Å². The molecule has 0 aliphatic carbocycles. The van der Waals surface area contributed by atoms with Crippen molar-refractivity contribution < 1.29 is 46.4 Å². The normalized spacial score (nSPS) is 16.8. The van der Waals surface area contributed by atoms with Gasteiger partial charge in [0.25, 0.3) is 11.0 Å². The van der Waals surface area contributed by atoms with E-state index in [0.29, 0.717) is 38.3 Å². The number of rotatable bonds is 23. The Morgan fingerprint density at radius 3 is 1.76 bits per heavy atom. The molecule has 0 spiro atoms. The van der Waals surface area contributed by atoms with E-state index in [1.54, 1.807) is 30.3 Å². The Hall–Kier alpha value is -4.22. The zero-order valence-corrected chi connectivity index (χ0v) is 35.7. The average Bonchev–Trinajstić information content (AvgIpc) is 3.15. The molecule has 0 saturated carbocycles. The zero-order valence-electron chi connectivity index (χ0n) is 34.8. The van der Waals surface area contributed by atoms with Gasteiger partial charge in [-0.1, -0.05) is 88.4 Å². The molecule has 4 amide bonds. The minimum absolute atomic E-state index is 0.0162. The molecular weight excluding hydrogens is 767 g/mol. The lowest BCUT2D eigenvalue weighted by atomic mass is 9.79. The Morgan fingerprint density at radius 1 is 0.724 bits per heavy atom. The molecule has 2 aromatic carbocycles. The summed E-state index contributed by atoms with van der Waals surface area (Å²) >= 11 is 0. The van der Waals surface area contributed by atoms with Crippen LogP contribution in [-0.4, -0.2) is 116 Å². The van der Waals surface area contributed by atoms with Crippen LogP contribution in [0, 0.1) is 11.8 Å². The predicted molar refractivity (Wildman–Crippen MR) is 220 cm³/mol. The molecule has 3 rings (SSSR count). The number of benzene rings is 2. The average molecular weight is 830 g/mol. The highest BCUT2D eigenvalue weighted by Crippen LogP contribution is 2.29. The third kappa shape index (κ3) is 15.5. The number of nitrogens with zero attached hydrogens (tertiary/aromatic N) is 1. The van der Waals surface area contributed by atoms with Crippen LogP contribution < -0.4 is 21.3 Å². The Balaban J connectivity index is 1.88. The molecule has 15 nitrogen and oxygen atoms in total. The highest BCUT2D eigenvalue weighted by Gasteiger charge is 2.50. The summed E-state index contributed by atoms with van der Waals surface area (Å²) in [6.07, 6.45) is 1.06. The van der Waals surface area contributed by atoms with Gasteiger partial charge in [0.15, 0.2) is 11.4 Å². The van der Waals surface area contributed by atoms with Crippen molar-refractivity contribution in [3.63, 3.8) is 0 Å². The van der Waals surface area contributed by atoms with Crippen LogP contribution in [-0.2, 0) is 56.7 Å². The topological polar surface area (TPSA) is 210 Å². The van der Waals surface area contributed by atoms with Crippen LogP contribution in [0.1, 0.15) is 78.9 Å². The molecule has 1 saturated heterocycles. The maximum absolute atomic E-state index is 14.2. The fraction of sp³-hybridized carbons (Fsp3) is 0.595. The van der Waals surface area contributed by atoms with Gasteiger partial charge in [0.2, 0.25) is 23.6 Å². The van der Waals surface area contributed by atoms with E-state index in [-0.39, 0.29) is 50.0 Å². The Morgan fingerprint density at radius 2 is 1.21 bits per heavy atom. The highest BCUT2D eigenvalue weighted by atomic mass is 32.2. The predicted octanol–water partition coefficient (Wildman–Crippen LogP) is 1.87. The van der Waals surface area contributed by atoms with Gasteiger partial charge in [-0.2, -0.15) is 0 Å². The van der Waals surface area contributed by atoms with E-state index in [1.165, 1.54) is 13.8 Å². The summed E-state index contributed by atoms with van der Waals surface area (Å²) in [6, 6.07) is 13.9. The van der Waals surface area contributed by atoms with Gasteiger partial charge < -0.3 is 31.1 Å². The maximum atomic E-state index is 14.2. The first-order chi connectivity index (χ1) is 27.3. The number of nitrogens with one attached hydrogen (secondary N) is 4. The summed E-state index contributed by atoms with van der Waals surface area (Å²) in [5.74, 6) is -3.35. The van der Waals surface area contributed by atoms with Crippen LogP contribution >= 0.6 is 0 Å². The van der Waals surface area contributed by atoms with E-state index in [1.807, 2.05) is 62.9 Å². The van der Waals surface area contributed by atoms with Crippen molar-refractivity contribution in [1.82, 2.24) is 26.2 Å². The number of thiol groups is 1. The van der Waals surface area contributed by atoms with E-state index in [9.17, 15) is 37.5 Å². The SMILES string of the molecule is CC(C)C[C@H](NC(=O)[C@H](CCc1ccccc1)NC(=O)CN1CCOCC1)C(=O)N[C@@H](Cc1ccccc1)C(=O)N[C@@H](CC(C)C)C(=O)[C@](C)(O)C(C)(C)O[SH](=O)=O. The molecule has 0 unspecified atom stereocenters. The van der Waals surface area contributed by atoms with Crippen LogP contribution in [0.15, 0.2) is 60.7 Å². The minimum Gasteiger partial charge on any atom is -0.379 e. The van der Waals surface area contributed by atoms with Crippen LogP contribution in [0.25, 0.3) is 0 Å². The summed E-state index contributed by atoms with van der Waals surface area (Å²) in [7, 11) is -3.43. The second-order valence-corrected chi connectivity index (χ2v) is 17.1. The number of Topliss-reactive ketones (excluding diaryl/α,β-unsaturated/α-hetero) is 1. The number of hydrogen-bond donors (Lipinski definition) is 6. The zero-order chi connectivity index (χ0) is 43.0. The largest absolute Gasteiger partial charge is 0.379 e. The standard InChI is InChI=1S/C42H63N5O10S/c1-28(2)24-33(37(49)42(7,53)41(5,6)57-58(54)55)44-40(52)35(26-31-16-12-9-13-17-31)46-39(51)34(25-29(3)4)45-38(50)32(19-18-30-14-10-8-11-15-30)43-36(48)27-47-20-22-56-23-21-47/h8-17,28-29,32-35,53,58H,18-27H2,1-7H3,(H,43,48)(H,44,52)(H,45,50)(H,46,51)/t32-,33-,34-,35-,42-/m0/s1. The molecule has 16 heteroatoms. The first-order valence-electron chi connectivity index (χ1n) is 20.0. The number of ether oxygens (including phenoxy) is 1. The molecule has 0 bridgehead atoms. The fourth-order valence-electron chi connectivity index (χ4n) is 6.62. The third-order valence-corrected chi connectivity index (χ3v) is 10.8. The Labute approximate surface area is 344 Å². The van der Waals surface area contributed by atoms with Crippen molar-refractivity contribution >= 4 is 40.4 Å². The van der Waals surface area contributed by atoms with Crippen LogP contribution in [0.4, 0.5) is 0 Å². The van der Waals surface area contributed by atoms with Crippen LogP contribution in [0.2, 0.25) is 0 Å². The smallest absolute Gasteiger partial charge is 0.257 e. The van der Waals surface area contributed by atoms with E-state index >= 15 is 0 Å². The number of ketones is 1. The number of amides is 4. The summed E-state index contributed by atoms with van der Waals surface area (Å²) in [5.41, 5.74) is -2.56. The van der Waals surface area contributed by atoms with Gasteiger partial charge in [0.1, 0.15) is 23.7 Å². The number of aryl methyl sites for hydroxylation is 1. The highest BCUT2D eigenvalue weighted by molar-refractivity contribution is 7.67. The molecule has 1 aliphatic heterocycles. The lowest BCUT2D eigenvalue weighted by Gasteiger charge is -2.39. The minimum atomic E-state index is -3.43. The summed E-state index contributed by atoms with van der Waals surface area (Å²) < 4.78 is 33.2.